The van der Waals surface area contributed by atoms with Crippen LogP contribution in [0.5, 0.6) is 11.5 Å². The maximum atomic E-state index is 13.4. The van der Waals surface area contributed by atoms with Crippen molar-refractivity contribution in [2.24, 2.45) is 5.92 Å². The Hall–Kier alpha value is -2.81. The van der Waals surface area contributed by atoms with Crippen LogP contribution in [0.1, 0.15) is 27.2 Å². The normalized spacial score (nSPS) is 18.8. The fourth-order valence-electron chi connectivity index (χ4n) is 4.48. The molecule has 0 saturated carbocycles. The Morgan fingerprint density at radius 2 is 1.97 bits per heavy atom. The topological polar surface area (TPSA) is 63.7 Å². The standard InChI is InChI=1S/C22H24F3N3O3/c1-30-18-12-15-14(19(21(18)31-2)28-8-6-26-7-9-28)10-13(20(15)29)11-17-16(22(23,24)25)4-3-5-27-17/h3-5,12-13,26H,6-11H2,1-2H3. The summed E-state index contributed by atoms with van der Waals surface area (Å²) >= 11 is 0. The number of pyridine rings is 1. The zero-order chi connectivity index (χ0) is 22.2. The van der Waals surface area contributed by atoms with Gasteiger partial charge in [-0.1, -0.05) is 0 Å². The third kappa shape index (κ3) is 3.94. The average molecular weight is 435 g/mol. The van der Waals surface area contributed by atoms with Gasteiger partial charge in [-0.2, -0.15) is 13.2 Å². The van der Waals surface area contributed by atoms with E-state index in [0.717, 1.165) is 43.5 Å². The van der Waals surface area contributed by atoms with Crippen molar-refractivity contribution in [3.63, 3.8) is 0 Å². The number of halogens is 3. The number of fused-ring (bicyclic) bond motifs is 1. The molecule has 9 heteroatoms. The number of nitrogens with zero attached hydrogens (tertiary/aromatic N) is 2. The second-order valence-corrected chi connectivity index (χ2v) is 7.69. The van der Waals surface area contributed by atoms with E-state index in [1.54, 1.807) is 13.2 Å². The maximum absolute atomic E-state index is 13.4. The van der Waals surface area contributed by atoms with Crippen molar-refractivity contribution in [2.75, 3.05) is 45.3 Å². The molecule has 1 fully saturated rings. The van der Waals surface area contributed by atoms with E-state index in [9.17, 15) is 18.0 Å². The predicted molar refractivity (Wildman–Crippen MR) is 109 cm³/mol. The van der Waals surface area contributed by atoms with Gasteiger partial charge in [0.15, 0.2) is 17.3 Å². The second-order valence-electron chi connectivity index (χ2n) is 7.69. The summed E-state index contributed by atoms with van der Waals surface area (Å²) in [7, 11) is 3.06. The smallest absolute Gasteiger partial charge is 0.418 e. The molecule has 1 N–H and O–H groups in total. The number of anilines is 1. The number of hydrogen-bond donors (Lipinski definition) is 1. The molecule has 1 aliphatic carbocycles. The van der Waals surface area contributed by atoms with E-state index in [2.05, 4.69) is 15.2 Å². The van der Waals surface area contributed by atoms with Crippen LogP contribution in [-0.2, 0) is 19.0 Å². The number of methoxy groups -OCH3 is 2. The summed E-state index contributed by atoms with van der Waals surface area (Å²) in [6.07, 6.45) is -2.93. The van der Waals surface area contributed by atoms with Gasteiger partial charge in [0.05, 0.1) is 31.2 Å². The lowest BCUT2D eigenvalue weighted by Crippen LogP contribution is -2.44. The minimum absolute atomic E-state index is 0.0746. The van der Waals surface area contributed by atoms with Crippen molar-refractivity contribution in [1.82, 2.24) is 10.3 Å². The zero-order valence-corrected chi connectivity index (χ0v) is 17.4. The lowest BCUT2D eigenvalue weighted by atomic mass is 9.96. The quantitative estimate of drug-likeness (QED) is 0.779. The van der Waals surface area contributed by atoms with Crippen molar-refractivity contribution < 1.29 is 27.4 Å². The number of alkyl halides is 3. The number of piperazine rings is 1. The first-order valence-corrected chi connectivity index (χ1v) is 10.1. The summed E-state index contributed by atoms with van der Waals surface area (Å²) < 4.78 is 51.4. The highest BCUT2D eigenvalue weighted by Gasteiger charge is 2.40. The fourth-order valence-corrected chi connectivity index (χ4v) is 4.48. The average Bonchev–Trinajstić information content (AvgIpc) is 3.07. The number of hydrogen-bond acceptors (Lipinski definition) is 6. The number of nitrogens with one attached hydrogen (secondary N) is 1. The predicted octanol–water partition coefficient (Wildman–Crippen LogP) is 3.12. The van der Waals surface area contributed by atoms with E-state index >= 15 is 0 Å². The largest absolute Gasteiger partial charge is 0.493 e. The van der Waals surface area contributed by atoms with E-state index in [0.29, 0.717) is 23.5 Å². The summed E-state index contributed by atoms with van der Waals surface area (Å²) in [5, 5.41) is 3.29. The molecule has 1 unspecified atom stereocenters. The second kappa shape index (κ2) is 8.37. The number of carbonyl (C=O) groups is 1. The molecule has 0 bridgehead atoms. The maximum Gasteiger partial charge on any atom is 0.418 e. The highest BCUT2D eigenvalue weighted by molar-refractivity contribution is 6.05. The van der Waals surface area contributed by atoms with E-state index < -0.39 is 17.7 Å². The van der Waals surface area contributed by atoms with Crippen LogP contribution in [0.2, 0.25) is 0 Å². The number of benzene rings is 1. The van der Waals surface area contributed by atoms with E-state index in [-0.39, 0.29) is 17.9 Å². The van der Waals surface area contributed by atoms with Gasteiger partial charge < -0.3 is 19.7 Å². The summed E-state index contributed by atoms with van der Waals surface area (Å²) in [4.78, 5) is 19.3. The third-order valence-electron chi connectivity index (χ3n) is 5.90. The SMILES string of the molecule is COc1cc2c(c(N3CCNCC3)c1OC)CC(Cc1ncccc1C(F)(F)F)C2=O. The Balaban J connectivity index is 1.74. The highest BCUT2D eigenvalue weighted by atomic mass is 19.4. The van der Waals surface area contributed by atoms with Gasteiger partial charge in [-0.25, -0.2) is 0 Å². The molecular formula is C22H24F3N3O3. The number of rotatable bonds is 5. The molecule has 1 aliphatic heterocycles. The van der Waals surface area contributed by atoms with Gasteiger partial charge in [-0.3, -0.25) is 9.78 Å². The Kier molecular flexibility index (Phi) is 5.79. The zero-order valence-electron chi connectivity index (χ0n) is 17.4. The number of aromatic nitrogens is 1. The van der Waals surface area contributed by atoms with Crippen LogP contribution >= 0.6 is 0 Å². The number of Topliss-reactive ketones (excluding diaryl/α,β-unsaturated/α-hetero) is 1. The van der Waals surface area contributed by atoms with Gasteiger partial charge in [0.2, 0.25) is 0 Å². The molecule has 2 heterocycles. The Morgan fingerprint density at radius 1 is 1.23 bits per heavy atom. The summed E-state index contributed by atoms with van der Waals surface area (Å²) in [6, 6.07) is 3.91. The molecule has 2 aromatic rings. The molecule has 6 nitrogen and oxygen atoms in total. The molecule has 4 rings (SSSR count). The van der Waals surface area contributed by atoms with Crippen LogP contribution in [0.25, 0.3) is 0 Å². The minimum atomic E-state index is -4.52. The summed E-state index contributed by atoms with van der Waals surface area (Å²) in [5.41, 5.74) is 1.19. The molecule has 0 spiro atoms. The van der Waals surface area contributed by atoms with Crippen LogP contribution in [0.4, 0.5) is 18.9 Å². The Bertz CT molecular complexity index is 988. The van der Waals surface area contributed by atoms with Gasteiger partial charge >= 0.3 is 6.18 Å². The molecule has 31 heavy (non-hydrogen) atoms. The molecule has 1 aromatic carbocycles. The molecule has 1 aromatic heterocycles. The molecule has 1 saturated heterocycles. The van der Waals surface area contributed by atoms with Gasteiger partial charge in [-0.15, -0.1) is 0 Å². The minimum Gasteiger partial charge on any atom is -0.493 e. The van der Waals surface area contributed by atoms with Crippen LogP contribution < -0.4 is 19.7 Å². The van der Waals surface area contributed by atoms with Gasteiger partial charge in [0.25, 0.3) is 0 Å². The molecule has 166 valence electrons. The van der Waals surface area contributed by atoms with Crippen LogP contribution in [-0.4, -0.2) is 51.2 Å². The van der Waals surface area contributed by atoms with Gasteiger partial charge in [-0.05, 0) is 30.2 Å². The van der Waals surface area contributed by atoms with Crippen molar-refractivity contribution >= 4 is 11.5 Å². The van der Waals surface area contributed by atoms with Crippen molar-refractivity contribution in [3.05, 3.63) is 46.8 Å². The molecular weight excluding hydrogens is 411 g/mol. The van der Waals surface area contributed by atoms with E-state index in [1.165, 1.54) is 19.4 Å². The first kappa shape index (κ1) is 21.4. The van der Waals surface area contributed by atoms with Gasteiger partial charge in [0.1, 0.15) is 0 Å². The summed E-state index contributed by atoms with van der Waals surface area (Å²) in [6.45, 7) is 3.03. The third-order valence-corrected chi connectivity index (χ3v) is 5.90. The lowest BCUT2D eigenvalue weighted by molar-refractivity contribution is -0.138. The number of carbonyl (C=O) groups excluding carboxylic acids is 1. The van der Waals surface area contributed by atoms with E-state index in [1.807, 2.05) is 0 Å². The van der Waals surface area contributed by atoms with Crippen LogP contribution in [0.15, 0.2) is 24.4 Å². The fraction of sp³-hybridized carbons (Fsp3) is 0.455. The first-order valence-electron chi connectivity index (χ1n) is 10.1. The molecule has 2 aliphatic rings. The van der Waals surface area contributed by atoms with Crippen LogP contribution in [0.3, 0.4) is 0 Å². The van der Waals surface area contributed by atoms with Crippen LogP contribution in [0, 0.1) is 5.92 Å². The molecule has 0 radical (unpaired) electrons. The van der Waals surface area contributed by atoms with Crippen molar-refractivity contribution in [1.29, 1.82) is 0 Å². The molecule has 0 amide bonds. The van der Waals surface area contributed by atoms with Crippen molar-refractivity contribution in [2.45, 2.75) is 19.0 Å². The Morgan fingerprint density at radius 3 is 2.61 bits per heavy atom. The Labute approximate surface area is 178 Å². The first-order chi connectivity index (χ1) is 14.8. The summed E-state index contributed by atoms with van der Waals surface area (Å²) in [5.74, 6) is 0.179. The van der Waals surface area contributed by atoms with Crippen molar-refractivity contribution in [3.8, 4) is 11.5 Å². The molecule has 1 atom stereocenters. The lowest BCUT2D eigenvalue weighted by Gasteiger charge is -2.32. The number of ether oxygens (including phenoxy) is 2. The monoisotopic (exact) mass is 435 g/mol. The van der Waals surface area contributed by atoms with E-state index in [4.69, 9.17) is 9.47 Å². The highest BCUT2D eigenvalue weighted by Crippen LogP contribution is 2.47. The van der Waals surface area contributed by atoms with Gasteiger partial charge in [0, 0.05) is 50.3 Å². The number of ketones is 1.